The van der Waals surface area contributed by atoms with E-state index in [4.69, 9.17) is 0 Å². The Bertz CT molecular complexity index is 1070. The van der Waals surface area contributed by atoms with Crippen LogP contribution < -0.4 is 10.9 Å². The topological polar surface area (TPSA) is 89.8 Å². The molecule has 1 N–H and O–H groups in total. The van der Waals surface area contributed by atoms with E-state index in [1.54, 1.807) is 28.8 Å². The van der Waals surface area contributed by atoms with E-state index >= 15 is 0 Å². The van der Waals surface area contributed by atoms with Crippen LogP contribution in [0.1, 0.15) is 22.6 Å². The van der Waals surface area contributed by atoms with Gasteiger partial charge >= 0.3 is 0 Å². The third-order valence-electron chi connectivity index (χ3n) is 4.03. The summed E-state index contributed by atoms with van der Waals surface area (Å²) >= 11 is 2.82. The predicted molar refractivity (Wildman–Crippen MR) is 103 cm³/mol. The predicted octanol–water partition coefficient (Wildman–Crippen LogP) is 2.72. The molecule has 1 aliphatic rings. The highest BCUT2D eigenvalue weighted by Crippen LogP contribution is 2.26. The van der Waals surface area contributed by atoms with Gasteiger partial charge in [-0.2, -0.15) is 0 Å². The average molecular weight is 385 g/mol. The normalized spacial score (nSPS) is 12.9. The van der Waals surface area contributed by atoms with Crippen molar-refractivity contribution in [1.29, 1.82) is 0 Å². The number of hydrogen-bond donors (Lipinski definition) is 1. The van der Waals surface area contributed by atoms with Crippen molar-refractivity contribution in [1.82, 2.24) is 19.7 Å². The Balaban J connectivity index is 1.59. The van der Waals surface area contributed by atoms with Gasteiger partial charge in [0.25, 0.3) is 11.5 Å². The second-order valence-corrected chi connectivity index (χ2v) is 7.99. The Morgan fingerprint density at radius 2 is 2.31 bits per heavy atom. The molecular weight excluding hydrogens is 370 g/mol. The summed E-state index contributed by atoms with van der Waals surface area (Å²) in [6.07, 6.45) is 3.50. The number of fused-ring (bicyclic) bond motifs is 2. The minimum Gasteiger partial charge on any atom is -0.296 e. The largest absolute Gasteiger partial charge is 0.296 e. The number of benzene rings is 1. The van der Waals surface area contributed by atoms with Crippen LogP contribution in [0.2, 0.25) is 0 Å². The van der Waals surface area contributed by atoms with Crippen molar-refractivity contribution in [2.45, 2.75) is 23.7 Å². The minimum absolute atomic E-state index is 0.0394. The van der Waals surface area contributed by atoms with Gasteiger partial charge in [0.15, 0.2) is 4.34 Å². The molecule has 0 fully saturated rings. The molecule has 9 heteroatoms. The van der Waals surface area contributed by atoms with Crippen LogP contribution in [0.4, 0.5) is 5.13 Å². The maximum atomic E-state index is 12.5. The zero-order valence-electron chi connectivity index (χ0n) is 13.8. The molecule has 0 atom stereocenters. The van der Waals surface area contributed by atoms with Gasteiger partial charge in [-0.15, -0.1) is 16.8 Å². The summed E-state index contributed by atoms with van der Waals surface area (Å²) in [5, 5.41) is 11.7. The van der Waals surface area contributed by atoms with Crippen molar-refractivity contribution < 1.29 is 4.79 Å². The summed E-state index contributed by atoms with van der Waals surface area (Å²) in [5.74, 6) is 1.22. The molecular formula is C17H15N5O2S2. The molecule has 4 rings (SSSR count). The van der Waals surface area contributed by atoms with Crippen molar-refractivity contribution >= 4 is 45.0 Å². The molecule has 1 aliphatic heterocycles. The summed E-state index contributed by atoms with van der Waals surface area (Å²) in [7, 11) is 0. The van der Waals surface area contributed by atoms with Crippen LogP contribution in [0.3, 0.4) is 0 Å². The molecule has 132 valence electrons. The fourth-order valence-corrected chi connectivity index (χ4v) is 4.35. The third-order valence-corrected chi connectivity index (χ3v) is 6.00. The maximum Gasteiger partial charge on any atom is 0.261 e. The van der Waals surface area contributed by atoms with E-state index < -0.39 is 0 Å². The molecule has 2 aromatic heterocycles. The average Bonchev–Trinajstić information content (AvgIpc) is 3.29. The van der Waals surface area contributed by atoms with Gasteiger partial charge in [0.05, 0.1) is 10.9 Å². The van der Waals surface area contributed by atoms with Crippen LogP contribution in [-0.4, -0.2) is 31.4 Å². The number of aryl methyl sites for hydroxylation is 1. The molecule has 3 heterocycles. The molecule has 1 amide bonds. The number of carbonyl (C=O) groups excluding carboxylic acids is 1. The SMILES string of the molecule is C=CCSc1nnc(NC(=O)c2ccc3c(=O)n4c(nc3c2)CCC4)s1. The number of aromatic nitrogens is 4. The zero-order chi connectivity index (χ0) is 18.1. The number of hydrogen-bond acceptors (Lipinski definition) is 7. The second kappa shape index (κ2) is 7.00. The fraction of sp³-hybridized carbons (Fsp3) is 0.235. The van der Waals surface area contributed by atoms with Gasteiger partial charge in [-0.05, 0) is 24.6 Å². The number of carbonyl (C=O) groups is 1. The smallest absolute Gasteiger partial charge is 0.261 e. The van der Waals surface area contributed by atoms with E-state index in [-0.39, 0.29) is 11.5 Å². The molecule has 0 unspecified atom stereocenters. The fourth-order valence-electron chi connectivity index (χ4n) is 2.84. The summed E-state index contributed by atoms with van der Waals surface area (Å²) in [6, 6.07) is 4.95. The second-order valence-electron chi connectivity index (χ2n) is 5.75. The summed E-state index contributed by atoms with van der Waals surface area (Å²) in [5.41, 5.74) is 0.945. The standard InChI is InChI=1S/C17H15N5O2S2/c1-2-8-25-17-21-20-16(26-17)19-14(23)10-5-6-11-12(9-10)18-13-4-3-7-22(13)15(11)24/h2,5-6,9H,1,3-4,7-8H2,(H,19,20,23). The molecule has 0 spiro atoms. The van der Waals surface area contributed by atoms with Crippen molar-refractivity contribution in [3.05, 3.63) is 52.6 Å². The van der Waals surface area contributed by atoms with E-state index in [1.165, 1.54) is 23.1 Å². The van der Waals surface area contributed by atoms with Crippen LogP contribution in [-0.2, 0) is 13.0 Å². The molecule has 3 aromatic rings. The maximum absolute atomic E-state index is 12.5. The van der Waals surface area contributed by atoms with Gasteiger partial charge in [-0.25, -0.2) is 4.98 Å². The van der Waals surface area contributed by atoms with Gasteiger partial charge < -0.3 is 0 Å². The summed E-state index contributed by atoms with van der Waals surface area (Å²) in [6.45, 7) is 4.37. The Kier molecular flexibility index (Phi) is 4.56. The number of amides is 1. The number of nitrogens with zero attached hydrogens (tertiary/aromatic N) is 4. The molecule has 7 nitrogen and oxygen atoms in total. The highest BCUT2D eigenvalue weighted by atomic mass is 32.2. The summed E-state index contributed by atoms with van der Waals surface area (Å²) < 4.78 is 2.48. The lowest BCUT2D eigenvalue weighted by Crippen LogP contribution is -2.21. The van der Waals surface area contributed by atoms with Crippen LogP contribution >= 0.6 is 23.1 Å². The van der Waals surface area contributed by atoms with E-state index in [0.717, 1.165) is 28.8 Å². The Hall–Kier alpha value is -2.52. The molecule has 0 saturated heterocycles. The lowest BCUT2D eigenvalue weighted by atomic mass is 10.1. The van der Waals surface area contributed by atoms with Crippen LogP contribution in [0.5, 0.6) is 0 Å². The first kappa shape index (κ1) is 16.9. The van der Waals surface area contributed by atoms with Gasteiger partial charge in [0, 0.05) is 24.3 Å². The van der Waals surface area contributed by atoms with Crippen molar-refractivity contribution in [2.24, 2.45) is 0 Å². The molecule has 0 aliphatic carbocycles. The first-order chi connectivity index (χ1) is 12.7. The number of thioether (sulfide) groups is 1. The molecule has 0 bridgehead atoms. The summed E-state index contributed by atoms with van der Waals surface area (Å²) in [4.78, 5) is 29.5. The number of nitrogens with one attached hydrogen (secondary N) is 1. The monoisotopic (exact) mass is 385 g/mol. The highest BCUT2D eigenvalue weighted by Gasteiger charge is 2.17. The first-order valence-corrected chi connectivity index (χ1v) is 9.88. The van der Waals surface area contributed by atoms with Gasteiger partial charge in [-0.3, -0.25) is 19.5 Å². The molecule has 26 heavy (non-hydrogen) atoms. The number of anilines is 1. The molecule has 0 radical (unpaired) electrons. The Morgan fingerprint density at radius 1 is 1.42 bits per heavy atom. The van der Waals surface area contributed by atoms with Crippen LogP contribution in [0.25, 0.3) is 10.9 Å². The van der Waals surface area contributed by atoms with Crippen LogP contribution in [0, 0.1) is 0 Å². The number of rotatable bonds is 5. The lowest BCUT2D eigenvalue weighted by Gasteiger charge is -2.06. The lowest BCUT2D eigenvalue weighted by molar-refractivity contribution is 0.102. The minimum atomic E-state index is -0.300. The van der Waals surface area contributed by atoms with Crippen molar-refractivity contribution in [2.75, 3.05) is 11.1 Å². The van der Waals surface area contributed by atoms with Gasteiger partial charge in [-0.1, -0.05) is 29.2 Å². The van der Waals surface area contributed by atoms with Gasteiger partial charge in [0.2, 0.25) is 5.13 Å². The zero-order valence-corrected chi connectivity index (χ0v) is 15.4. The Morgan fingerprint density at radius 3 is 3.15 bits per heavy atom. The third kappa shape index (κ3) is 3.15. The van der Waals surface area contributed by atoms with Gasteiger partial charge in [0.1, 0.15) is 5.82 Å². The van der Waals surface area contributed by atoms with E-state index in [9.17, 15) is 9.59 Å². The van der Waals surface area contributed by atoms with Crippen molar-refractivity contribution in [3.8, 4) is 0 Å². The van der Waals surface area contributed by atoms with E-state index in [2.05, 4.69) is 27.1 Å². The van der Waals surface area contributed by atoms with E-state index in [1.807, 2.05) is 0 Å². The molecule has 0 saturated carbocycles. The van der Waals surface area contributed by atoms with Crippen molar-refractivity contribution in [3.63, 3.8) is 0 Å². The first-order valence-electron chi connectivity index (χ1n) is 8.08. The Labute approximate surface area is 157 Å². The molecule has 1 aromatic carbocycles. The highest BCUT2D eigenvalue weighted by molar-refractivity contribution is 8.01. The quantitative estimate of drug-likeness (QED) is 0.413. The van der Waals surface area contributed by atoms with Crippen LogP contribution in [0.15, 0.2) is 40.0 Å². The van der Waals surface area contributed by atoms with E-state index in [0.29, 0.717) is 28.1 Å².